The summed E-state index contributed by atoms with van der Waals surface area (Å²) in [5.41, 5.74) is 6.75. The number of ether oxygens (including phenoxy) is 1. The van der Waals surface area contributed by atoms with Crippen LogP contribution >= 0.6 is 0 Å². The van der Waals surface area contributed by atoms with Gasteiger partial charge in [-0.2, -0.15) is 0 Å². The summed E-state index contributed by atoms with van der Waals surface area (Å²) in [6, 6.07) is 3.35. The summed E-state index contributed by atoms with van der Waals surface area (Å²) in [4.78, 5) is 16.3. The van der Waals surface area contributed by atoms with Crippen molar-refractivity contribution >= 4 is 11.6 Å². The molecule has 0 radical (unpaired) electrons. The molecule has 92 valence electrons. The largest absolute Gasteiger partial charge is 0.379 e. The molecule has 0 aromatic carbocycles. The third-order valence-corrected chi connectivity index (χ3v) is 3.29. The summed E-state index contributed by atoms with van der Waals surface area (Å²) in [5.74, 6) is -0.112. The molecule has 17 heavy (non-hydrogen) atoms. The van der Waals surface area contributed by atoms with Crippen molar-refractivity contribution in [1.29, 1.82) is 0 Å². The first-order valence-electron chi connectivity index (χ1n) is 5.60. The van der Waals surface area contributed by atoms with Gasteiger partial charge in [0, 0.05) is 12.2 Å². The number of aryl methyl sites for hydroxylation is 1. The van der Waals surface area contributed by atoms with E-state index in [0.717, 1.165) is 11.4 Å². The smallest absolute Gasteiger partial charge is 0.234 e. The second-order valence-corrected chi connectivity index (χ2v) is 4.63. The first kappa shape index (κ1) is 12.0. The fourth-order valence-electron chi connectivity index (χ4n) is 1.80. The van der Waals surface area contributed by atoms with Crippen molar-refractivity contribution in [3.63, 3.8) is 0 Å². The van der Waals surface area contributed by atoms with Crippen LogP contribution in [0.25, 0.3) is 0 Å². The number of nitrogens with two attached hydrogens (primary N) is 1. The molecule has 5 heteroatoms. The number of amides is 1. The molecule has 1 fully saturated rings. The molecule has 2 atom stereocenters. The average Bonchev–Trinajstić information content (AvgIpc) is 2.64. The van der Waals surface area contributed by atoms with Crippen LogP contribution in [0.1, 0.15) is 12.6 Å². The molecule has 5 nitrogen and oxygen atoms in total. The van der Waals surface area contributed by atoms with Crippen LogP contribution in [0, 0.1) is 12.3 Å². The number of nitrogens with one attached hydrogen (secondary N) is 1. The van der Waals surface area contributed by atoms with Gasteiger partial charge < -0.3 is 15.8 Å². The number of hydrogen-bond acceptors (Lipinski definition) is 4. The SMILES string of the molecule is Cc1ncccc1NC(=O)C1(C)COCC1N. The van der Waals surface area contributed by atoms with Crippen LogP contribution in [-0.2, 0) is 9.53 Å². The van der Waals surface area contributed by atoms with Crippen molar-refractivity contribution in [1.82, 2.24) is 4.98 Å². The predicted molar refractivity (Wildman–Crippen MR) is 64.5 cm³/mol. The van der Waals surface area contributed by atoms with Crippen molar-refractivity contribution < 1.29 is 9.53 Å². The lowest BCUT2D eigenvalue weighted by Crippen LogP contribution is -2.47. The van der Waals surface area contributed by atoms with Crippen molar-refractivity contribution in [3.05, 3.63) is 24.0 Å². The number of anilines is 1. The summed E-state index contributed by atoms with van der Waals surface area (Å²) < 4.78 is 5.26. The van der Waals surface area contributed by atoms with Crippen molar-refractivity contribution in [2.75, 3.05) is 18.5 Å². The summed E-state index contributed by atoms with van der Waals surface area (Å²) in [5, 5.41) is 2.86. The number of rotatable bonds is 2. The molecule has 1 aromatic heterocycles. The topological polar surface area (TPSA) is 77.2 Å². The Kier molecular flexibility index (Phi) is 3.13. The van der Waals surface area contributed by atoms with Gasteiger partial charge in [0.15, 0.2) is 0 Å². The zero-order chi connectivity index (χ0) is 12.5. The maximum absolute atomic E-state index is 12.2. The fraction of sp³-hybridized carbons (Fsp3) is 0.500. The van der Waals surface area contributed by atoms with E-state index in [9.17, 15) is 4.79 Å². The van der Waals surface area contributed by atoms with Crippen LogP contribution in [0.2, 0.25) is 0 Å². The Morgan fingerprint density at radius 2 is 2.47 bits per heavy atom. The van der Waals surface area contributed by atoms with Gasteiger partial charge >= 0.3 is 0 Å². The molecule has 1 saturated heterocycles. The molecule has 1 aliphatic rings. The normalized spacial score (nSPS) is 28.1. The highest BCUT2D eigenvalue weighted by molar-refractivity contribution is 5.96. The zero-order valence-corrected chi connectivity index (χ0v) is 10.1. The van der Waals surface area contributed by atoms with Crippen LogP contribution < -0.4 is 11.1 Å². The fourth-order valence-corrected chi connectivity index (χ4v) is 1.80. The van der Waals surface area contributed by atoms with E-state index in [0.29, 0.717) is 13.2 Å². The lowest BCUT2D eigenvalue weighted by Gasteiger charge is -2.25. The Hall–Kier alpha value is -1.46. The van der Waals surface area contributed by atoms with Crippen molar-refractivity contribution in [2.24, 2.45) is 11.1 Å². The van der Waals surface area contributed by atoms with Crippen LogP contribution in [0.5, 0.6) is 0 Å². The minimum Gasteiger partial charge on any atom is -0.379 e. The minimum atomic E-state index is -0.664. The molecule has 0 aliphatic carbocycles. The van der Waals surface area contributed by atoms with E-state index in [2.05, 4.69) is 10.3 Å². The molecular formula is C12H17N3O2. The molecular weight excluding hydrogens is 218 g/mol. The van der Waals surface area contributed by atoms with Crippen LogP contribution in [-0.4, -0.2) is 30.1 Å². The Balaban J connectivity index is 2.15. The summed E-state index contributed by atoms with van der Waals surface area (Å²) in [6.07, 6.45) is 1.69. The van der Waals surface area contributed by atoms with Gasteiger partial charge in [-0.15, -0.1) is 0 Å². The van der Waals surface area contributed by atoms with Gasteiger partial charge in [-0.25, -0.2) is 0 Å². The zero-order valence-electron chi connectivity index (χ0n) is 10.1. The van der Waals surface area contributed by atoms with E-state index < -0.39 is 5.41 Å². The Bertz CT molecular complexity index is 436. The number of carbonyl (C=O) groups excluding carboxylic acids is 1. The van der Waals surface area contributed by atoms with Gasteiger partial charge in [-0.05, 0) is 26.0 Å². The van der Waals surface area contributed by atoms with E-state index >= 15 is 0 Å². The molecule has 1 aromatic rings. The van der Waals surface area contributed by atoms with Gasteiger partial charge in [0.05, 0.1) is 30.0 Å². The second kappa shape index (κ2) is 4.43. The number of nitrogens with zero attached hydrogens (tertiary/aromatic N) is 1. The van der Waals surface area contributed by atoms with Gasteiger partial charge in [0.1, 0.15) is 0 Å². The Morgan fingerprint density at radius 1 is 1.71 bits per heavy atom. The maximum atomic E-state index is 12.2. The first-order valence-corrected chi connectivity index (χ1v) is 5.60. The lowest BCUT2D eigenvalue weighted by atomic mass is 9.85. The quantitative estimate of drug-likeness (QED) is 0.790. The van der Waals surface area contributed by atoms with Gasteiger partial charge in [-0.3, -0.25) is 9.78 Å². The van der Waals surface area contributed by atoms with Crippen molar-refractivity contribution in [2.45, 2.75) is 19.9 Å². The van der Waals surface area contributed by atoms with E-state index in [1.165, 1.54) is 0 Å². The lowest BCUT2D eigenvalue weighted by molar-refractivity contribution is -0.125. The summed E-state index contributed by atoms with van der Waals surface area (Å²) >= 11 is 0. The monoisotopic (exact) mass is 235 g/mol. The molecule has 0 saturated carbocycles. The molecule has 3 N–H and O–H groups in total. The van der Waals surface area contributed by atoms with E-state index in [4.69, 9.17) is 10.5 Å². The van der Waals surface area contributed by atoms with Crippen LogP contribution in [0.4, 0.5) is 5.69 Å². The van der Waals surface area contributed by atoms with Gasteiger partial charge in [0.2, 0.25) is 5.91 Å². The highest BCUT2D eigenvalue weighted by Crippen LogP contribution is 2.28. The van der Waals surface area contributed by atoms with E-state index in [-0.39, 0.29) is 11.9 Å². The van der Waals surface area contributed by atoms with E-state index in [1.807, 2.05) is 19.9 Å². The third-order valence-electron chi connectivity index (χ3n) is 3.29. The molecule has 2 heterocycles. The summed E-state index contributed by atoms with van der Waals surface area (Å²) in [7, 11) is 0. The van der Waals surface area contributed by atoms with Crippen molar-refractivity contribution in [3.8, 4) is 0 Å². The molecule has 2 unspecified atom stereocenters. The van der Waals surface area contributed by atoms with Gasteiger partial charge in [0.25, 0.3) is 0 Å². The Labute approximate surface area is 100 Å². The van der Waals surface area contributed by atoms with Crippen LogP contribution in [0.15, 0.2) is 18.3 Å². The highest BCUT2D eigenvalue weighted by atomic mass is 16.5. The number of pyridine rings is 1. The first-order chi connectivity index (χ1) is 8.04. The summed E-state index contributed by atoms with van der Waals surface area (Å²) in [6.45, 7) is 4.46. The third kappa shape index (κ3) is 2.16. The predicted octanol–water partition coefficient (Wildman–Crippen LogP) is 0.692. The number of hydrogen-bond donors (Lipinski definition) is 2. The van der Waals surface area contributed by atoms with Crippen LogP contribution in [0.3, 0.4) is 0 Å². The average molecular weight is 235 g/mol. The molecule has 1 aliphatic heterocycles. The number of aromatic nitrogens is 1. The van der Waals surface area contributed by atoms with E-state index in [1.54, 1.807) is 12.3 Å². The number of carbonyl (C=O) groups is 1. The standard InChI is InChI=1S/C12H17N3O2/c1-8-9(4-3-5-14-8)15-11(16)12(2)7-17-6-10(12)13/h3-5,10H,6-7,13H2,1-2H3,(H,15,16). The van der Waals surface area contributed by atoms with Gasteiger partial charge in [-0.1, -0.05) is 0 Å². The molecule has 0 bridgehead atoms. The minimum absolute atomic E-state index is 0.112. The maximum Gasteiger partial charge on any atom is 0.234 e. The molecule has 2 rings (SSSR count). The highest BCUT2D eigenvalue weighted by Gasteiger charge is 2.44. The second-order valence-electron chi connectivity index (χ2n) is 4.63. The Morgan fingerprint density at radius 3 is 3.06 bits per heavy atom. The molecule has 1 amide bonds. The molecule has 0 spiro atoms.